The highest BCUT2D eigenvalue weighted by molar-refractivity contribution is 6.32. The molecule has 0 aliphatic rings. The predicted molar refractivity (Wildman–Crippen MR) is 37.5 cm³/mol. The third-order valence-corrected chi connectivity index (χ3v) is 1.36. The van der Waals surface area contributed by atoms with Crippen molar-refractivity contribution in [3.8, 4) is 5.75 Å². The van der Waals surface area contributed by atoms with Crippen LogP contribution in [0.4, 0.5) is 4.39 Å². The van der Waals surface area contributed by atoms with E-state index in [4.69, 9.17) is 16.7 Å². The zero-order valence-electron chi connectivity index (χ0n) is 5.06. The Hall–Kier alpha value is -0.760. The van der Waals surface area contributed by atoms with Gasteiger partial charge in [0, 0.05) is 0 Å². The molecule has 0 aromatic heterocycles. The topological polar surface area (TPSA) is 20.2 Å². The summed E-state index contributed by atoms with van der Waals surface area (Å²) >= 11 is 5.39. The van der Waals surface area contributed by atoms with Crippen LogP contribution in [-0.2, 0) is 0 Å². The van der Waals surface area contributed by atoms with E-state index in [9.17, 15) is 4.39 Å². The highest BCUT2D eigenvalue weighted by atomic mass is 35.5. The lowest BCUT2D eigenvalue weighted by atomic mass is 10.2. The molecule has 0 amide bonds. The summed E-state index contributed by atoms with van der Waals surface area (Å²) in [5, 5.41) is 8.79. The van der Waals surface area contributed by atoms with Crippen LogP contribution in [0.1, 0.15) is 5.56 Å². The average molecular weight is 160 g/mol. The Labute approximate surface area is 63.1 Å². The summed E-state index contributed by atoms with van der Waals surface area (Å²) in [6.07, 6.45) is 0. The van der Waals surface area contributed by atoms with Crippen molar-refractivity contribution in [3.63, 3.8) is 0 Å². The lowest BCUT2D eigenvalue weighted by Gasteiger charge is -1.98. The minimum absolute atomic E-state index is 0.00926. The van der Waals surface area contributed by atoms with Crippen molar-refractivity contribution in [2.24, 2.45) is 0 Å². The molecule has 0 bridgehead atoms. The molecule has 0 saturated heterocycles. The van der Waals surface area contributed by atoms with Gasteiger partial charge in [0.05, 0.1) is 5.02 Å². The molecular weight excluding hydrogens is 155 g/mol. The molecule has 0 spiro atoms. The summed E-state index contributed by atoms with van der Waals surface area (Å²) in [5.74, 6) is -1.26. The van der Waals surface area contributed by atoms with Crippen molar-refractivity contribution >= 4 is 11.6 Å². The summed E-state index contributed by atoms with van der Waals surface area (Å²) in [6.45, 7) is 3.45. The van der Waals surface area contributed by atoms with Gasteiger partial charge in [0.2, 0.25) is 0 Å². The Bertz CT molecular complexity index is 237. The van der Waals surface area contributed by atoms with Gasteiger partial charge in [-0.2, -0.15) is 0 Å². The van der Waals surface area contributed by atoms with Gasteiger partial charge >= 0.3 is 0 Å². The van der Waals surface area contributed by atoms with Crippen molar-refractivity contribution in [1.29, 1.82) is 0 Å². The highest BCUT2D eigenvalue weighted by Gasteiger charge is 2.04. The number of hydrogen-bond acceptors (Lipinski definition) is 1. The normalized spacial score (nSPS) is 9.90. The number of halogens is 2. The lowest BCUT2D eigenvalue weighted by Crippen LogP contribution is -1.79. The molecule has 1 radical (unpaired) electrons. The average Bonchev–Trinajstić information content (AvgIpc) is 1.82. The largest absolute Gasteiger partial charge is 0.504 e. The van der Waals surface area contributed by atoms with Gasteiger partial charge < -0.3 is 5.11 Å². The summed E-state index contributed by atoms with van der Waals surface area (Å²) in [7, 11) is 0. The van der Waals surface area contributed by atoms with Gasteiger partial charge in [0.25, 0.3) is 0 Å². The van der Waals surface area contributed by atoms with Crippen LogP contribution in [0.25, 0.3) is 0 Å². The van der Waals surface area contributed by atoms with Crippen molar-refractivity contribution in [3.05, 3.63) is 35.5 Å². The molecule has 1 nitrogen and oxygen atoms in total. The van der Waals surface area contributed by atoms with Gasteiger partial charge in [-0.1, -0.05) is 11.6 Å². The Morgan fingerprint density at radius 3 is 2.60 bits per heavy atom. The minimum atomic E-state index is -0.738. The first-order valence-electron chi connectivity index (χ1n) is 2.61. The predicted octanol–water partition coefficient (Wildman–Crippen LogP) is 2.37. The molecule has 0 unspecified atom stereocenters. The maximum absolute atomic E-state index is 12.5. The van der Waals surface area contributed by atoms with Gasteiger partial charge in [-0.3, -0.25) is 0 Å². The van der Waals surface area contributed by atoms with Crippen LogP contribution in [0.3, 0.4) is 0 Å². The van der Waals surface area contributed by atoms with E-state index >= 15 is 0 Å². The molecule has 1 aromatic carbocycles. The number of aromatic hydroxyl groups is 1. The van der Waals surface area contributed by atoms with E-state index < -0.39 is 11.6 Å². The van der Waals surface area contributed by atoms with Gasteiger partial charge in [0.15, 0.2) is 11.6 Å². The molecule has 0 fully saturated rings. The Kier molecular flexibility index (Phi) is 1.81. The van der Waals surface area contributed by atoms with Gasteiger partial charge in [-0.05, 0) is 24.6 Å². The van der Waals surface area contributed by atoms with E-state index in [0.29, 0.717) is 5.56 Å². The second-order valence-corrected chi connectivity index (χ2v) is 2.32. The quantitative estimate of drug-likeness (QED) is 0.616. The fourth-order valence-corrected chi connectivity index (χ4v) is 0.848. The van der Waals surface area contributed by atoms with Gasteiger partial charge in [-0.15, -0.1) is 0 Å². The van der Waals surface area contributed by atoms with Crippen molar-refractivity contribution in [1.82, 2.24) is 0 Å². The molecule has 10 heavy (non-hydrogen) atoms. The SMILES string of the molecule is [CH2]c1cc(F)c(O)c(Cl)c1. The maximum atomic E-state index is 12.5. The van der Waals surface area contributed by atoms with Crippen LogP contribution in [0.2, 0.25) is 5.02 Å². The molecule has 0 saturated carbocycles. The molecule has 0 heterocycles. The van der Waals surface area contributed by atoms with Crippen LogP contribution in [0.15, 0.2) is 12.1 Å². The second kappa shape index (κ2) is 2.46. The minimum Gasteiger partial charge on any atom is -0.504 e. The summed E-state index contributed by atoms with van der Waals surface area (Å²) in [4.78, 5) is 0. The fourth-order valence-electron chi connectivity index (χ4n) is 0.618. The van der Waals surface area contributed by atoms with E-state index in [1.165, 1.54) is 6.07 Å². The Morgan fingerprint density at radius 1 is 1.50 bits per heavy atom. The van der Waals surface area contributed by atoms with Crippen LogP contribution < -0.4 is 0 Å². The third-order valence-electron chi connectivity index (χ3n) is 1.08. The van der Waals surface area contributed by atoms with Crippen molar-refractivity contribution < 1.29 is 9.50 Å². The van der Waals surface area contributed by atoms with Crippen LogP contribution >= 0.6 is 11.6 Å². The van der Waals surface area contributed by atoms with Crippen LogP contribution in [0, 0.1) is 12.7 Å². The maximum Gasteiger partial charge on any atom is 0.170 e. The molecule has 1 rings (SSSR count). The molecule has 1 N–H and O–H groups in total. The van der Waals surface area contributed by atoms with Crippen molar-refractivity contribution in [2.45, 2.75) is 0 Å². The number of hydrogen-bond donors (Lipinski definition) is 1. The molecule has 1 aromatic rings. The highest BCUT2D eigenvalue weighted by Crippen LogP contribution is 2.26. The smallest absolute Gasteiger partial charge is 0.170 e. The van der Waals surface area contributed by atoms with E-state index in [1.807, 2.05) is 0 Å². The van der Waals surface area contributed by atoms with Crippen LogP contribution in [-0.4, -0.2) is 5.11 Å². The van der Waals surface area contributed by atoms with Gasteiger partial charge in [0.1, 0.15) is 0 Å². The first kappa shape index (κ1) is 7.35. The Morgan fingerprint density at radius 2 is 2.10 bits per heavy atom. The third kappa shape index (κ3) is 1.21. The van der Waals surface area contributed by atoms with E-state index in [2.05, 4.69) is 6.92 Å². The van der Waals surface area contributed by atoms with Crippen molar-refractivity contribution in [2.75, 3.05) is 0 Å². The Balaban J connectivity index is 3.31. The number of phenolic OH excluding ortho intramolecular Hbond substituents is 1. The summed E-state index contributed by atoms with van der Waals surface area (Å²) in [5.41, 5.74) is 0.445. The zero-order chi connectivity index (χ0) is 7.72. The first-order chi connectivity index (χ1) is 4.61. The lowest BCUT2D eigenvalue weighted by molar-refractivity contribution is 0.432. The van der Waals surface area contributed by atoms with E-state index in [-0.39, 0.29) is 5.02 Å². The number of phenols is 1. The zero-order valence-corrected chi connectivity index (χ0v) is 5.82. The molecule has 0 aliphatic carbocycles. The summed E-state index contributed by atoms with van der Waals surface area (Å²) < 4.78 is 12.5. The molecule has 53 valence electrons. The monoisotopic (exact) mass is 159 g/mol. The summed E-state index contributed by atoms with van der Waals surface area (Å²) in [6, 6.07) is 2.50. The molecular formula is C7H5ClFO. The second-order valence-electron chi connectivity index (χ2n) is 1.91. The molecule has 0 atom stereocenters. The molecule has 0 aliphatic heterocycles. The standard InChI is InChI=1S/C7H5ClFO/c1-4-2-5(8)7(10)6(9)3-4/h2-3,10H,1H2. The number of rotatable bonds is 0. The first-order valence-corrected chi connectivity index (χ1v) is 2.99. The molecule has 3 heteroatoms. The van der Waals surface area contributed by atoms with E-state index in [1.54, 1.807) is 0 Å². The fraction of sp³-hybridized carbons (Fsp3) is 0. The van der Waals surface area contributed by atoms with E-state index in [0.717, 1.165) is 6.07 Å². The van der Waals surface area contributed by atoms with Gasteiger partial charge in [-0.25, -0.2) is 4.39 Å². The van der Waals surface area contributed by atoms with Crippen LogP contribution in [0.5, 0.6) is 5.75 Å². The number of benzene rings is 1.